The molecule has 1 unspecified atom stereocenters. The normalized spacial score (nSPS) is 12.7. The predicted molar refractivity (Wildman–Crippen MR) is 84.9 cm³/mol. The summed E-state index contributed by atoms with van der Waals surface area (Å²) in [6.45, 7) is 0. The molecule has 0 aliphatic heterocycles. The van der Waals surface area contributed by atoms with E-state index in [1.54, 1.807) is 11.3 Å². The van der Waals surface area contributed by atoms with Gasteiger partial charge in [-0.05, 0) is 68.3 Å². The van der Waals surface area contributed by atoms with Gasteiger partial charge in [-0.1, -0.05) is 17.7 Å². The van der Waals surface area contributed by atoms with Crippen molar-refractivity contribution in [2.45, 2.75) is 12.5 Å². The molecule has 1 heterocycles. The first-order chi connectivity index (χ1) is 8.06. The van der Waals surface area contributed by atoms with Crippen molar-refractivity contribution in [2.75, 3.05) is 0 Å². The molecular formula is C12H9BrClIOS. The van der Waals surface area contributed by atoms with Gasteiger partial charge in [0.1, 0.15) is 0 Å². The maximum atomic E-state index is 10.1. The van der Waals surface area contributed by atoms with Crippen LogP contribution in [0.1, 0.15) is 16.5 Å². The Morgan fingerprint density at radius 2 is 2.12 bits per heavy atom. The maximum Gasteiger partial charge on any atom is 0.0838 e. The molecule has 0 aliphatic carbocycles. The molecule has 1 atom stereocenters. The Morgan fingerprint density at radius 3 is 2.71 bits per heavy atom. The number of aliphatic hydroxyl groups is 1. The van der Waals surface area contributed by atoms with Crippen LogP contribution in [0.2, 0.25) is 5.02 Å². The lowest BCUT2D eigenvalue weighted by molar-refractivity contribution is 0.179. The Labute approximate surface area is 131 Å². The molecule has 5 heteroatoms. The highest BCUT2D eigenvalue weighted by Crippen LogP contribution is 2.29. The van der Waals surface area contributed by atoms with Gasteiger partial charge in [-0.15, -0.1) is 11.3 Å². The quantitative estimate of drug-likeness (QED) is 0.659. The van der Waals surface area contributed by atoms with Crippen LogP contribution in [0.15, 0.2) is 34.1 Å². The summed E-state index contributed by atoms with van der Waals surface area (Å²) in [6.07, 6.45) is 0.114. The van der Waals surface area contributed by atoms with Crippen LogP contribution in [0.4, 0.5) is 0 Å². The molecule has 0 saturated carbocycles. The van der Waals surface area contributed by atoms with Gasteiger partial charge < -0.3 is 5.11 Å². The number of benzene rings is 1. The summed E-state index contributed by atoms with van der Waals surface area (Å²) in [5, 5.41) is 10.8. The van der Waals surface area contributed by atoms with Gasteiger partial charge in [0.15, 0.2) is 0 Å². The minimum Gasteiger partial charge on any atom is -0.388 e. The molecule has 0 fully saturated rings. The average molecular weight is 444 g/mol. The second-order valence-corrected chi connectivity index (χ2v) is 7.72. The monoisotopic (exact) mass is 442 g/mol. The lowest BCUT2D eigenvalue weighted by Crippen LogP contribution is -2.00. The summed E-state index contributed by atoms with van der Waals surface area (Å²) in [5.41, 5.74) is 0.861. The summed E-state index contributed by atoms with van der Waals surface area (Å²) < 4.78 is 2.08. The van der Waals surface area contributed by atoms with Crippen molar-refractivity contribution in [3.63, 3.8) is 0 Å². The van der Waals surface area contributed by atoms with Crippen LogP contribution in [-0.4, -0.2) is 5.11 Å². The molecule has 2 rings (SSSR count). The van der Waals surface area contributed by atoms with Gasteiger partial charge in [-0.25, -0.2) is 0 Å². The first-order valence-corrected chi connectivity index (χ1v) is 8.00. The van der Waals surface area contributed by atoms with E-state index in [1.807, 2.05) is 30.3 Å². The fourth-order valence-electron chi connectivity index (χ4n) is 1.49. The second-order valence-electron chi connectivity index (χ2n) is 3.60. The van der Waals surface area contributed by atoms with Crippen LogP contribution in [0.25, 0.3) is 0 Å². The first kappa shape index (κ1) is 13.8. The highest BCUT2D eigenvalue weighted by atomic mass is 127. The van der Waals surface area contributed by atoms with Gasteiger partial charge in [-0.2, -0.15) is 0 Å². The van der Waals surface area contributed by atoms with E-state index in [1.165, 1.54) is 0 Å². The standard InChI is InChI=1S/C12H9BrClIOS/c13-12-4-2-8(17-12)6-11(16)7-1-3-10(15)9(14)5-7/h1-5,11,16H,6H2. The molecule has 0 radical (unpaired) electrons. The average Bonchev–Trinajstić information content (AvgIpc) is 2.68. The third-order valence-electron chi connectivity index (χ3n) is 2.35. The highest BCUT2D eigenvalue weighted by Gasteiger charge is 2.11. The fraction of sp³-hybridized carbons (Fsp3) is 0.167. The van der Waals surface area contributed by atoms with Crippen LogP contribution >= 0.6 is 61.5 Å². The molecule has 0 spiro atoms. The van der Waals surface area contributed by atoms with Crippen LogP contribution in [-0.2, 0) is 6.42 Å². The van der Waals surface area contributed by atoms with E-state index in [-0.39, 0.29) is 0 Å². The smallest absolute Gasteiger partial charge is 0.0838 e. The number of aliphatic hydroxyl groups excluding tert-OH is 1. The predicted octanol–water partition coefficient (Wildman–Crippen LogP) is 5.04. The van der Waals surface area contributed by atoms with E-state index < -0.39 is 6.10 Å². The van der Waals surface area contributed by atoms with Crippen molar-refractivity contribution < 1.29 is 5.11 Å². The zero-order valence-corrected chi connectivity index (χ0v) is 14.0. The molecule has 0 aliphatic rings. The molecule has 90 valence electrons. The molecule has 0 amide bonds. The lowest BCUT2D eigenvalue weighted by atomic mass is 10.1. The van der Waals surface area contributed by atoms with Crippen LogP contribution in [0.3, 0.4) is 0 Å². The summed E-state index contributed by atoms with van der Waals surface area (Å²) in [4.78, 5) is 1.15. The van der Waals surface area contributed by atoms with Crippen LogP contribution in [0, 0.1) is 3.57 Å². The first-order valence-electron chi connectivity index (χ1n) is 4.93. The molecule has 1 aromatic carbocycles. The van der Waals surface area contributed by atoms with Crippen molar-refractivity contribution in [2.24, 2.45) is 0 Å². The zero-order valence-electron chi connectivity index (χ0n) is 8.66. The van der Waals surface area contributed by atoms with E-state index in [4.69, 9.17) is 11.6 Å². The topological polar surface area (TPSA) is 20.2 Å². The Kier molecular flexibility index (Phi) is 4.88. The Morgan fingerprint density at radius 1 is 1.35 bits per heavy atom. The largest absolute Gasteiger partial charge is 0.388 e. The van der Waals surface area contributed by atoms with Crippen molar-refractivity contribution in [3.05, 3.63) is 53.2 Å². The van der Waals surface area contributed by atoms with E-state index in [0.29, 0.717) is 11.4 Å². The fourth-order valence-corrected chi connectivity index (χ4v) is 3.53. The molecule has 0 bridgehead atoms. The van der Waals surface area contributed by atoms with Crippen molar-refractivity contribution >= 4 is 61.5 Å². The second kappa shape index (κ2) is 6.02. The van der Waals surface area contributed by atoms with Gasteiger partial charge in [0.05, 0.1) is 14.9 Å². The van der Waals surface area contributed by atoms with Crippen LogP contribution in [0.5, 0.6) is 0 Å². The Bertz CT molecular complexity index is 529. The number of rotatable bonds is 3. The van der Waals surface area contributed by atoms with E-state index in [9.17, 15) is 5.11 Å². The molecular weight excluding hydrogens is 434 g/mol. The molecule has 2 aromatic rings. The molecule has 1 N–H and O–H groups in total. The summed E-state index contributed by atoms with van der Waals surface area (Å²) in [6, 6.07) is 9.68. The van der Waals surface area contributed by atoms with Gasteiger partial charge in [-0.3, -0.25) is 0 Å². The third kappa shape index (κ3) is 3.67. The Balaban J connectivity index is 2.14. The van der Waals surface area contributed by atoms with Gasteiger partial charge in [0.25, 0.3) is 0 Å². The summed E-state index contributed by atoms with van der Waals surface area (Å²) in [7, 11) is 0. The Hall–Kier alpha value is 0.380. The molecule has 1 aromatic heterocycles. The molecule has 17 heavy (non-hydrogen) atoms. The van der Waals surface area contributed by atoms with Gasteiger partial charge in [0, 0.05) is 14.9 Å². The zero-order chi connectivity index (χ0) is 12.4. The van der Waals surface area contributed by atoms with Gasteiger partial charge >= 0.3 is 0 Å². The third-order valence-corrected chi connectivity index (χ3v) is 5.57. The maximum absolute atomic E-state index is 10.1. The van der Waals surface area contributed by atoms with Crippen molar-refractivity contribution in [3.8, 4) is 0 Å². The summed E-state index contributed by atoms with van der Waals surface area (Å²) >= 11 is 13.3. The SMILES string of the molecule is OC(Cc1ccc(Br)s1)c1ccc(I)c(Cl)c1. The number of hydrogen-bond donors (Lipinski definition) is 1. The summed E-state index contributed by atoms with van der Waals surface area (Å²) in [5.74, 6) is 0. The minimum atomic E-state index is -0.505. The van der Waals surface area contributed by atoms with Crippen molar-refractivity contribution in [1.29, 1.82) is 0 Å². The lowest BCUT2D eigenvalue weighted by Gasteiger charge is -2.10. The minimum absolute atomic E-state index is 0.505. The van der Waals surface area contributed by atoms with E-state index in [0.717, 1.165) is 17.8 Å². The number of thiophene rings is 1. The number of hydrogen-bond acceptors (Lipinski definition) is 2. The van der Waals surface area contributed by atoms with Crippen LogP contribution < -0.4 is 0 Å². The van der Waals surface area contributed by atoms with E-state index >= 15 is 0 Å². The molecule has 1 nitrogen and oxygen atoms in total. The molecule has 0 saturated heterocycles. The highest BCUT2D eigenvalue weighted by molar-refractivity contribution is 14.1. The number of halogens is 3. The van der Waals surface area contributed by atoms with E-state index in [2.05, 4.69) is 38.5 Å². The van der Waals surface area contributed by atoms with Crippen molar-refractivity contribution in [1.82, 2.24) is 0 Å². The van der Waals surface area contributed by atoms with Gasteiger partial charge in [0.2, 0.25) is 0 Å².